The average Bonchev–Trinajstić information content (AvgIpc) is 2.91. The van der Waals surface area contributed by atoms with Gasteiger partial charge in [-0.2, -0.15) is 10.2 Å². The van der Waals surface area contributed by atoms with Gasteiger partial charge in [0.25, 0.3) is 5.91 Å². The van der Waals surface area contributed by atoms with Crippen molar-refractivity contribution in [3.63, 3.8) is 0 Å². The molecule has 0 saturated heterocycles. The normalized spacial score (nSPS) is 10.4. The van der Waals surface area contributed by atoms with E-state index >= 15 is 0 Å². The number of nitrogens with one attached hydrogen (secondary N) is 1. The summed E-state index contributed by atoms with van der Waals surface area (Å²) in [6.07, 6.45) is 0.719. The van der Waals surface area contributed by atoms with E-state index in [0.29, 0.717) is 28.8 Å². The Morgan fingerprint density at radius 1 is 1.38 bits per heavy atom. The molecule has 1 aromatic heterocycles. The molecule has 1 aromatic carbocycles. The molecule has 2 rings (SSSR count). The van der Waals surface area contributed by atoms with E-state index in [-0.39, 0.29) is 12.5 Å². The Balaban J connectivity index is 1.91. The lowest BCUT2D eigenvalue weighted by Gasteiger charge is -2.02. The van der Waals surface area contributed by atoms with Gasteiger partial charge in [-0.15, -0.1) is 0 Å². The van der Waals surface area contributed by atoms with Gasteiger partial charge in [0.2, 0.25) is 5.89 Å². The first-order valence-electron chi connectivity index (χ1n) is 6.68. The molecule has 1 N–H and O–H groups in total. The first kappa shape index (κ1) is 14.7. The summed E-state index contributed by atoms with van der Waals surface area (Å²) in [6.45, 7) is 4.34. The van der Waals surface area contributed by atoms with Gasteiger partial charge in [-0.05, 0) is 30.2 Å². The zero-order chi connectivity index (χ0) is 15.2. The summed E-state index contributed by atoms with van der Waals surface area (Å²) in [7, 11) is 0. The molecule has 0 saturated carbocycles. The Morgan fingerprint density at radius 2 is 2.10 bits per heavy atom. The van der Waals surface area contributed by atoms with Gasteiger partial charge in [-0.25, -0.2) is 0 Å². The van der Waals surface area contributed by atoms with E-state index in [9.17, 15) is 4.79 Å². The average molecular weight is 284 g/mol. The van der Waals surface area contributed by atoms with Crippen LogP contribution in [-0.2, 0) is 13.0 Å². The predicted octanol–water partition coefficient (Wildman–Crippen LogP) is 2.07. The van der Waals surface area contributed by atoms with Gasteiger partial charge in [0, 0.05) is 12.0 Å². The van der Waals surface area contributed by atoms with Crippen LogP contribution >= 0.6 is 0 Å². The molecule has 0 spiro atoms. The number of carbonyl (C=O) groups is 1. The third-order valence-corrected chi connectivity index (χ3v) is 2.78. The van der Waals surface area contributed by atoms with Crippen molar-refractivity contribution in [2.24, 2.45) is 5.92 Å². The molecule has 0 aliphatic carbocycles. The molecule has 1 heterocycles. The van der Waals surface area contributed by atoms with Crippen molar-refractivity contribution in [2.75, 3.05) is 0 Å². The maximum atomic E-state index is 11.9. The van der Waals surface area contributed by atoms with Crippen molar-refractivity contribution in [3.05, 3.63) is 47.1 Å². The number of nitrogens with zero attached hydrogens (tertiary/aromatic N) is 3. The lowest BCUT2D eigenvalue weighted by Crippen LogP contribution is -2.23. The molecular formula is C15H16N4O2. The number of hydrogen-bond acceptors (Lipinski definition) is 5. The predicted molar refractivity (Wildman–Crippen MR) is 75.2 cm³/mol. The molecule has 0 fully saturated rings. The van der Waals surface area contributed by atoms with Gasteiger partial charge < -0.3 is 9.84 Å². The van der Waals surface area contributed by atoms with Crippen molar-refractivity contribution in [1.29, 1.82) is 5.26 Å². The van der Waals surface area contributed by atoms with Crippen LogP contribution in [0.25, 0.3) is 0 Å². The Labute approximate surface area is 122 Å². The smallest absolute Gasteiger partial charge is 0.251 e. The van der Waals surface area contributed by atoms with Gasteiger partial charge >= 0.3 is 0 Å². The van der Waals surface area contributed by atoms with Crippen LogP contribution in [0, 0.1) is 17.2 Å². The number of rotatable bonds is 5. The molecule has 108 valence electrons. The highest BCUT2D eigenvalue weighted by molar-refractivity contribution is 5.94. The molecule has 0 atom stereocenters. The van der Waals surface area contributed by atoms with Gasteiger partial charge in [0.05, 0.1) is 18.2 Å². The Hall–Kier alpha value is -2.68. The standard InChI is InChI=1S/C15H16N4O2/c1-10(2)7-14-18-13(19-21-14)9-17-15(20)12-5-3-11(8-16)4-6-12/h3-6,10H,7,9H2,1-2H3,(H,17,20). The minimum atomic E-state index is -0.241. The van der Waals surface area contributed by atoms with E-state index < -0.39 is 0 Å². The van der Waals surface area contributed by atoms with Gasteiger partial charge in [-0.1, -0.05) is 19.0 Å². The molecule has 0 radical (unpaired) electrons. The lowest BCUT2D eigenvalue weighted by atomic mass is 10.1. The fraction of sp³-hybridized carbons (Fsp3) is 0.333. The first-order valence-corrected chi connectivity index (χ1v) is 6.68. The topological polar surface area (TPSA) is 91.8 Å². The number of nitriles is 1. The van der Waals surface area contributed by atoms with Crippen molar-refractivity contribution in [1.82, 2.24) is 15.5 Å². The van der Waals surface area contributed by atoms with Gasteiger partial charge in [0.1, 0.15) is 0 Å². The highest BCUT2D eigenvalue weighted by atomic mass is 16.5. The number of carbonyl (C=O) groups excluding carboxylic acids is 1. The van der Waals surface area contributed by atoms with Gasteiger partial charge in [0.15, 0.2) is 5.82 Å². The summed E-state index contributed by atoms with van der Waals surface area (Å²) in [5.74, 6) is 1.22. The minimum absolute atomic E-state index is 0.209. The van der Waals surface area contributed by atoms with Crippen LogP contribution in [0.4, 0.5) is 0 Å². The second kappa shape index (κ2) is 6.66. The number of aromatic nitrogens is 2. The van der Waals surface area contributed by atoms with E-state index in [1.165, 1.54) is 0 Å². The number of hydrogen-bond donors (Lipinski definition) is 1. The minimum Gasteiger partial charge on any atom is -0.345 e. The van der Waals surface area contributed by atoms with E-state index in [2.05, 4.69) is 29.3 Å². The monoisotopic (exact) mass is 284 g/mol. The number of amides is 1. The van der Waals surface area contributed by atoms with E-state index in [0.717, 1.165) is 6.42 Å². The van der Waals surface area contributed by atoms with Crippen LogP contribution in [0.1, 0.15) is 41.5 Å². The highest BCUT2D eigenvalue weighted by Crippen LogP contribution is 2.06. The third kappa shape index (κ3) is 4.14. The second-order valence-corrected chi connectivity index (χ2v) is 5.07. The molecule has 0 aliphatic rings. The SMILES string of the molecule is CC(C)Cc1nc(CNC(=O)c2ccc(C#N)cc2)no1. The molecule has 6 heteroatoms. The molecule has 6 nitrogen and oxygen atoms in total. The van der Waals surface area contributed by atoms with E-state index in [1.807, 2.05) is 6.07 Å². The first-order chi connectivity index (χ1) is 10.1. The van der Waals surface area contributed by atoms with Crippen molar-refractivity contribution >= 4 is 5.91 Å². The molecular weight excluding hydrogens is 268 g/mol. The molecule has 0 aliphatic heterocycles. The summed E-state index contributed by atoms with van der Waals surface area (Å²) >= 11 is 0. The van der Waals surface area contributed by atoms with Crippen molar-refractivity contribution < 1.29 is 9.32 Å². The lowest BCUT2D eigenvalue weighted by molar-refractivity contribution is 0.0949. The largest absolute Gasteiger partial charge is 0.345 e. The third-order valence-electron chi connectivity index (χ3n) is 2.78. The van der Waals surface area contributed by atoms with Crippen LogP contribution < -0.4 is 5.32 Å². The summed E-state index contributed by atoms with van der Waals surface area (Å²) in [6, 6.07) is 8.42. The molecule has 1 amide bonds. The van der Waals surface area contributed by atoms with Crippen molar-refractivity contribution in [3.8, 4) is 6.07 Å². The van der Waals surface area contributed by atoms with Crippen LogP contribution in [-0.4, -0.2) is 16.0 Å². The van der Waals surface area contributed by atoms with Gasteiger partial charge in [-0.3, -0.25) is 4.79 Å². The highest BCUT2D eigenvalue weighted by Gasteiger charge is 2.10. The fourth-order valence-corrected chi connectivity index (χ4v) is 1.75. The van der Waals surface area contributed by atoms with Crippen LogP contribution in [0.15, 0.2) is 28.8 Å². The molecule has 0 unspecified atom stereocenters. The second-order valence-electron chi connectivity index (χ2n) is 5.07. The summed E-state index contributed by atoms with van der Waals surface area (Å²) in [4.78, 5) is 16.1. The fourth-order valence-electron chi connectivity index (χ4n) is 1.75. The summed E-state index contributed by atoms with van der Waals surface area (Å²) < 4.78 is 5.10. The van der Waals surface area contributed by atoms with Crippen molar-refractivity contribution in [2.45, 2.75) is 26.8 Å². The Bertz CT molecular complexity index is 653. The maximum Gasteiger partial charge on any atom is 0.251 e. The number of benzene rings is 1. The van der Waals surface area contributed by atoms with Crippen LogP contribution in [0.3, 0.4) is 0 Å². The van der Waals surface area contributed by atoms with E-state index in [1.54, 1.807) is 24.3 Å². The summed E-state index contributed by atoms with van der Waals surface area (Å²) in [5, 5.41) is 15.2. The zero-order valence-electron chi connectivity index (χ0n) is 12.0. The Kier molecular flexibility index (Phi) is 4.67. The van der Waals surface area contributed by atoms with E-state index in [4.69, 9.17) is 9.78 Å². The Morgan fingerprint density at radius 3 is 2.71 bits per heavy atom. The molecule has 0 bridgehead atoms. The van der Waals surface area contributed by atoms with Crippen LogP contribution in [0.2, 0.25) is 0 Å². The summed E-state index contributed by atoms with van der Waals surface area (Å²) in [5.41, 5.74) is 1.00. The quantitative estimate of drug-likeness (QED) is 0.907. The van der Waals surface area contributed by atoms with Crippen LogP contribution in [0.5, 0.6) is 0 Å². The zero-order valence-corrected chi connectivity index (χ0v) is 12.0. The maximum absolute atomic E-state index is 11.9. The molecule has 2 aromatic rings. The molecule has 21 heavy (non-hydrogen) atoms.